The van der Waals surface area contributed by atoms with Gasteiger partial charge in [-0.3, -0.25) is 10.4 Å². The lowest BCUT2D eigenvalue weighted by atomic mass is 10.1. The van der Waals surface area contributed by atoms with Crippen molar-refractivity contribution in [3.63, 3.8) is 0 Å². The van der Waals surface area contributed by atoms with E-state index >= 15 is 0 Å². The van der Waals surface area contributed by atoms with Gasteiger partial charge in [0, 0.05) is 7.11 Å². The number of rotatable bonds is 6. The van der Waals surface area contributed by atoms with Gasteiger partial charge in [0.1, 0.15) is 6.10 Å². The minimum Gasteiger partial charge on any atom is -0.394 e. The van der Waals surface area contributed by atoms with Crippen LogP contribution in [0.4, 0.5) is 0 Å². The molecule has 0 aromatic heterocycles. The number of aliphatic hydroxyl groups excluding tert-OH is 2. The Hall–Kier alpha value is -0.320. The van der Waals surface area contributed by atoms with E-state index in [0.29, 0.717) is 10.3 Å². The van der Waals surface area contributed by atoms with Gasteiger partial charge in [-0.05, 0) is 13.8 Å². The van der Waals surface area contributed by atoms with Crippen molar-refractivity contribution in [1.82, 2.24) is 10.3 Å². The average molecular weight is 238 g/mol. The Morgan fingerprint density at radius 2 is 1.81 bits per heavy atom. The molecule has 1 rings (SSSR count). The van der Waals surface area contributed by atoms with E-state index < -0.39 is 24.2 Å². The van der Waals surface area contributed by atoms with Gasteiger partial charge in [0.05, 0.1) is 12.7 Å². The van der Waals surface area contributed by atoms with Gasteiger partial charge in [0.25, 0.3) is 0 Å². The smallest absolute Gasteiger partial charge is 0.186 e. The highest BCUT2D eigenvalue weighted by Gasteiger charge is 2.65. The fraction of sp³-hybridized carbons (Fsp3) is 1.00. The number of hydrogen-bond acceptors (Lipinski definition) is 8. The van der Waals surface area contributed by atoms with Gasteiger partial charge in [-0.1, -0.05) is 10.3 Å². The first-order valence-electron chi connectivity index (χ1n) is 4.84. The van der Waals surface area contributed by atoms with E-state index in [1.807, 2.05) is 0 Å². The molecule has 8 heteroatoms. The molecule has 0 aliphatic carbocycles. The zero-order valence-corrected chi connectivity index (χ0v) is 9.44. The van der Waals surface area contributed by atoms with Crippen LogP contribution in [0.3, 0.4) is 0 Å². The number of methoxy groups -OCH3 is 1. The van der Waals surface area contributed by atoms with Crippen LogP contribution in [0.15, 0.2) is 0 Å². The first-order valence-corrected chi connectivity index (χ1v) is 4.84. The molecule has 1 fully saturated rings. The topological polar surface area (TPSA) is 105 Å². The zero-order valence-electron chi connectivity index (χ0n) is 9.44. The molecule has 3 unspecified atom stereocenters. The Bertz CT molecular complexity index is 233. The Morgan fingerprint density at radius 1 is 1.31 bits per heavy atom. The van der Waals surface area contributed by atoms with Gasteiger partial charge in [-0.2, -0.15) is 0 Å². The van der Waals surface area contributed by atoms with Crippen molar-refractivity contribution >= 4 is 0 Å². The first kappa shape index (κ1) is 13.7. The van der Waals surface area contributed by atoms with Gasteiger partial charge >= 0.3 is 0 Å². The molecule has 96 valence electrons. The van der Waals surface area contributed by atoms with E-state index in [2.05, 4.69) is 0 Å². The highest BCUT2D eigenvalue weighted by atomic mass is 16.8. The second-order valence-corrected chi connectivity index (χ2v) is 3.85. The number of aliphatic hydroxyl groups is 2. The normalized spacial score (nSPS) is 39.2. The highest BCUT2D eigenvalue weighted by molar-refractivity contribution is 4.95. The summed E-state index contributed by atoms with van der Waals surface area (Å²) in [5.74, 6) is 0. The number of ether oxygens (including phenoxy) is 2. The predicted octanol–water partition coefficient (Wildman–Crippen LogP) is -1.26. The third kappa shape index (κ3) is 2.19. The van der Waals surface area contributed by atoms with Crippen LogP contribution in [0.2, 0.25) is 0 Å². The van der Waals surface area contributed by atoms with Crippen molar-refractivity contribution in [1.29, 1.82) is 0 Å². The standard InChI is InChI=1S/C8H18N2O6/c1-5(4-11)16-7(15-3)6(12)8(2)9(13)10(8)14/h5-7,11-14H,4H2,1-3H3/t5-,6?,7+,8?,9?,10?/m0/s1. The van der Waals surface area contributed by atoms with E-state index in [9.17, 15) is 5.11 Å². The molecule has 1 aliphatic rings. The molecular weight excluding hydrogens is 220 g/mol. The van der Waals surface area contributed by atoms with Crippen LogP contribution in [0.5, 0.6) is 0 Å². The largest absolute Gasteiger partial charge is 0.394 e. The summed E-state index contributed by atoms with van der Waals surface area (Å²) in [6.07, 6.45) is -2.90. The van der Waals surface area contributed by atoms with Crippen LogP contribution in [0.1, 0.15) is 13.8 Å². The van der Waals surface area contributed by atoms with Crippen molar-refractivity contribution in [2.75, 3.05) is 13.7 Å². The minimum absolute atomic E-state index is 0.227. The molecule has 0 radical (unpaired) electrons. The molecule has 0 bridgehead atoms. The van der Waals surface area contributed by atoms with Crippen LogP contribution in [-0.4, -0.2) is 68.8 Å². The number of nitrogens with zero attached hydrogens (tertiary/aromatic N) is 2. The molecule has 0 aromatic carbocycles. The Morgan fingerprint density at radius 3 is 2.12 bits per heavy atom. The maximum absolute atomic E-state index is 9.86. The Kier molecular flexibility index (Phi) is 4.21. The van der Waals surface area contributed by atoms with E-state index in [-0.39, 0.29) is 6.61 Å². The average Bonchev–Trinajstić information content (AvgIpc) is 2.77. The Labute approximate surface area is 93.1 Å². The number of hydroxylamine groups is 2. The van der Waals surface area contributed by atoms with Gasteiger partial charge in [0.2, 0.25) is 0 Å². The molecule has 0 aromatic rings. The van der Waals surface area contributed by atoms with Crippen LogP contribution in [-0.2, 0) is 9.47 Å². The summed E-state index contributed by atoms with van der Waals surface area (Å²) in [6, 6.07) is 0. The molecule has 5 atom stereocenters. The number of hydrogen-bond donors (Lipinski definition) is 4. The molecule has 16 heavy (non-hydrogen) atoms. The van der Waals surface area contributed by atoms with Crippen LogP contribution < -0.4 is 0 Å². The summed E-state index contributed by atoms with van der Waals surface area (Å²) in [6.45, 7) is 2.77. The summed E-state index contributed by atoms with van der Waals surface area (Å²) in [4.78, 5) is 0. The monoisotopic (exact) mass is 238 g/mol. The van der Waals surface area contributed by atoms with E-state index in [4.69, 9.17) is 25.0 Å². The maximum Gasteiger partial charge on any atom is 0.186 e. The van der Waals surface area contributed by atoms with Gasteiger partial charge in [-0.15, -0.1) is 0 Å². The third-order valence-electron chi connectivity index (χ3n) is 2.62. The van der Waals surface area contributed by atoms with Crippen molar-refractivity contribution in [2.45, 2.75) is 38.0 Å². The second-order valence-electron chi connectivity index (χ2n) is 3.85. The fourth-order valence-electron chi connectivity index (χ4n) is 1.31. The molecule has 0 amide bonds. The third-order valence-corrected chi connectivity index (χ3v) is 2.62. The summed E-state index contributed by atoms with van der Waals surface area (Å²) < 4.78 is 10.1. The summed E-state index contributed by atoms with van der Waals surface area (Å²) in [5.41, 5.74) is -1.37. The van der Waals surface area contributed by atoms with Crippen molar-refractivity contribution in [3.05, 3.63) is 0 Å². The van der Waals surface area contributed by atoms with E-state index in [1.54, 1.807) is 6.92 Å². The maximum atomic E-state index is 9.86. The van der Waals surface area contributed by atoms with Crippen LogP contribution >= 0.6 is 0 Å². The zero-order chi connectivity index (χ0) is 12.5. The van der Waals surface area contributed by atoms with Crippen molar-refractivity contribution in [2.24, 2.45) is 0 Å². The summed E-state index contributed by atoms with van der Waals surface area (Å²) in [5, 5.41) is 37.9. The molecule has 1 aliphatic heterocycles. The first-order chi connectivity index (χ1) is 7.39. The number of hydrazine groups is 1. The highest BCUT2D eigenvalue weighted by Crippen LogP contribution is 2.39. The molecule has 1 saturated heterocycles. The lowest BCUT2D eigenvalue weighted by molar-refractivity contribution is -0.222. The minimum atomic E-state index is -1.37. The van der Waals surface area contributed by atoms with Gasteiger partial charge in [-0.25, -0.2) is 0 Å². The van der Waals surface area contributed by atoms with Crippen LogP contribution in [0.25, 0.3) is 0 Å². The van der Waals surface area contributed by atoms with Crippen LogP contribution in [0, 0.1) is 0 Å². The molecule has 8 nitrogen and oxygen atoms in total. The lowest BCUT2D eigenvalue weighted by Crippen LogP contribution is -2.45. The van der Waals surface area contributed by atoms with E-state index in [1.165, 1.54) is 14.0 Å². The Balaban J connectivity index is 2.60. The SMILES string of the molecule is CO[C@H](O[C@@H](C)CO)C(O)C1(C)N(O)N1O. The summed E-state index contributed by atoms with van der Waals surface area (Å²) >= 11 is 0. The predicted molar refractivity (Wildman–Crippen MR) is 50.1 cm³/mol. The summed E-state index contributed by atoms with van der Waals surface area (Å²) in [7, 11) is 1.31. The van der Waals surface area contributed by atoms with E-state index in [0.717, 1.165) is 0 Å². The molecular formula is C8H18N2O6. The molecule has 4 N–H and O–H groups in total. The second kappa shape index (κ2) is 4.90. The van der Waals surface area contributed by atoms with Crippen molar-refractivity contribution < 1.29 is 30.1 Å². The van der Waals surface area contributed by atoms with Crippen molar-refractivity contribution in [3.8, 4) is 0 Å². The molecule has 1 heterocycles. The fourth-order valence-corrected chi connectivity index (χ4v) is 1.31. The van der Waals surface area contributed by atoms with Gasteiger partial charge < -0.3 is 19.7 Å². The molecule has 0 spiro atoms. The quantitative estimate of drug-likeness (QED) is 0.336. The molecule has 0 saturated carbocycles. The lowest BCUT2D eigenvalue weighted by Gasteiger charge is -2.26. The van der Waals surface area contributed by atoms with Gasteiger partial charge in [0.15, 0.2) is 12.0 Å².